The molecule has 364 valence electrons. The van der Waals surface area contributed by atoms with Gasteiger partial charge in [-0.3, -0.25) is 14.4 Å². The van der Waals surface area contributed by atoms with E-state index in [9.17, 15) is 14.4 Å². The number of unbranched alkanes of at least 4 members (excludes halogenated alkanes) is 19. The first-order chi connectivity index (χ1) is 31.5. The van der Waals surface area contributed by atoms with Gasteiger partial charge in [0, 0.05) is 19.3 Å². The fourth-order valence-electron chi connectivity index (χ4n) is 6.90. The van der Waals surface area contributed by atoms with E-state index in [-0.39, 0.29) is 37.5 Å². The molecule has 0 aromatic carbocycles. The van der Waals surface area contributed by atoms with Crippen molar-refractivity contribution in [2.75, 3.05) is 13.2 Å². The Balaban J connectivity index is 4.40. The third kappa shape index (κ3) is 49.3. The van der Waals surface area contributed by atoms with Crippen molar-refractivity contribution in [1.82, 2.24) is 0 Å². The minimum atomic E-state index is -0.802. The lowest BCUT2D eigenvalue weighted by atomic mass is 10.1. The third-order valence-electron chi connectivity index (χ3n) is 10.8. The zero-order valence-corrected chi connectivity index (χ0v) is 41.5. The zero-order valence-electron chi connectivity index (χ0n) is 41.5. The standard InChI is InChI=1S/C58H96O6/c1-4-7-10-13-16-19-21-23-25-26-27-28-29-30-31-32-34-35-37-39-42-45-48-51-57(60)63-54-55(53-62-56(59)50-47-44-41-18-15-12-9-6-3)64-58(61)52-49-46-43-40-38-36-33-24-22-20-17-14-11-8-5-2/h7,10,16,19,23-25,27-28,30-31,33-35,39,42,55H,4-6,8-9,11-15,17-18,20-22,26,29,32,36-38,40-41,43-54H2,1-3H3/b10-7-,19-16-,25-23-,28-27-,31-30-,33-24-,35-34-,42-39-. The molecule has 0 aliphatic carbocycles. The van der Waals surface area contributed by atoms with Crippen LogP contribution < -0.4 is 0 Å². The van der Waals surface area contributed by atoms with E-state index in [4.69, 9.17) is 14.2 Å². The zero-order chi connectivity index (χ0) is 46.5. The number of carbonyl (C=O) groups is 3. The van der Waals surface area contributed by atoms with Crippen LogP contribution in [0.2, 0.25) is 0 Å². The largest absolute Gasteiger partial charge is 0.462 e. The molecule has 0 radical (unpaired) electrons. The van der Waals surface area contributed by atoms with Gasteiger partial charge >= 0.3 is 17.9 Å². The van der Waals surface area contributed by atoms with Gasteiger partial charge in [-0.25, -0.2) is 0 Å². The van der Waals surface area contributed by atoms with E-state index in [2.05, 4.69) is 118 Å². The van der Waals surface area contributed by atoms with Crippen molar-refractivity contribution in [3.8, 4) is 0 Å². The van der Waals surface area contributed by atoms with Crippen molar-refractivity contribution >= 4 is 17.9 Å². The number of hydrogen-bond donors (Lipinski definition) is 0. The molecule has 0 aromatic heterocycles. The van der Waals surface area contributed by atoms with Crippen LogP contribution in [0.15, 0.2) is 97.2 Å². The molecular weight excluding hydrogens is 793 g/mol. The topological polar surface area (TPSA) is 78.9 Å². The van der Waals surface area contributed by atoms with Crippen LogP contribution in [-0.2, 0) is 28.6 Å². The van der Waals surface area contributed by atoms with Gasteiger partial charge in [-0.15, -0.1) is 0 Å². The molecule has 1 atom stereocenters. The number of esters is 3. The number of carbonyl (C=O) groups excluding carboxylic acids is 3. The predicted molar refractivity (Wildman–Crippen MR) is 274 cm³/mol. The van der Waals surface area contributed by atoms with Gasteiger partial charge in [0.25, 0.3) is 0 Å². The molecule has 0 amide bonds. The van der Waals surface area contributed by atoms with Crippen LogP contribution in [0.4, 0.5) is 0 Å². The van der Waals surface area contributed by atoms with Gasteiger partial charge in [0.2, 0.25) is 0 Å². The Bertz CT molecular complexity index is 1300. The molecule has 0 aliphatic rings. The Labute approximate surface area is 394 Å². The maximum absolute atomic E-state index is 12.8. The van der Waals surface area contributed by atoms with Crippen LogP contribution >= 0.6 is 0 Å². The van der Waals surface area contributed by atoms with Crippen LogP contribution in [0.3, 0.4) is 0 Å². The van der Waals surface area contributed by atoms with E-state index in [1.165, 1.54) is 83.5 Å². The van der Waals surface area contributed by atoms with Crippen molar-refractivity contribution in [2.45, 2.75) is 239 Å². The molecule has 0 saturated heterocycles. The fraction of sp³-hybridized carbons (Fsp3) is 0.672. The highest BCUT2D eigenvalue weighted by molar-refractivity contribution is 5.71. The molecule has 0 N–H and O–H groups in total. The van der Waals surface area contributed by atoms with Crippen LogP contribution in [0.1, 0.15) is 233 Å². The average Bonchev–Trinajstić information content (AvgIpc) is 3.29. The fourth-order valence-corrected chi connectivity index (χ4v) is 6.90. The van der Waals surface area contributed by atoms with E-state index in [0.29, 0.717) is 19.3 Å². The summed E-state index contributed by atoms with van der Waals surface area (Å²) in [5, 5.41) is 0. The Hall–Kier alpha value is -3.67. The molecule has 0 aromatic rings. The highest BCUT2D eigenvalue weighted by Gasteiger charge is 2.19. The maximum atomic E-state index is 12.8. The Morgan fingerprint density at radius 2 is 0.625 bits per heavy atom. The first-order valence-electron chi connectivity index (χ1n) is 26.2. The van der Waals surface area contributed by atoms with E-state index >= 15 is 0 Å². The Morgan fingerprint density at radius 3 is 1.03 bits per heavy atom. The molecule has 0 heterocycles. The van der Waals surface area contributed by atoms with Crippen LogP contribution in [0.5, 0.6) is 0 Å². The average molecular weight is 889 g/mol. The molecule has 6 heteroatoms. The summed E-state index contributed by atoms with van der Waals surface area (Å²) in [5.41, 5.74) is 0. The van der Waals surface area contributed by atoms with Gasteiger partial charge in [-0.2, -0.15) is 0 Å². The van der Waals surface area contributed by atoms with Gasteiger partial charge < -0.3 is 14.2 Å². The smallest absolute Gasteiger partial charge is 0.306 e. The summed E-state index contributed by atoms with van der Waals surface area (Å²) in [6, 6.07) is 0. The van der Waals surface area contributed by atoms with Crippen molar-refractivity contribution in [2.24, 2.45) is 0 Å². The Morgan fingerprint density at radius 1 is 0.328 bits per heavy atom. The summed E-state index contributed by atoms with van der Waals surface area (Å²) >= 11 is 0. The Kier molecular flexibility index (Phi) is 49.0. The highest BCUT2D eigenvalue weighted by atomic mass is 16.6. The minimum absolute atomic E-state index is 0.0986. The molecule has 0 bridgehead atoms. The monoisotopic (exact) mass is 889 g/mol. The summed E-state index contributed by atoms with van der Waals surface area (Å²) in [6.45, 7) is 6.42. The molecule has 64 heavy (non-hydrogen) atoms. The van der Waals surface area contributed by atoms with Crippen molar-refractivity contribution in [1.29, 1.82) is 0 Å². The van der Waals surface area contributed by atoms with E-state index in [1.54, 1.807) is 0 Å². The SMILES string of the molecule is CC/C=C\C/C=C\C/C=C\C/C=C\C/C=C\C/C=C\C/C=C\CCCC(=O)OCC(COC(=O)CCCCCCCCCC)OC(=O)CCCCCCC/C=C\CCCCCCCC. The summed E-state index contributed by atoms with van der Waals surface area (Å²) in [6.07, 6.45) is 68.4. The molecule has 0 spiro atoms. The summed E-state index contributed by atoms with van der Waals surface area (Å²) in [7, 11) is 0. The van der Waals surface area contributed by atoms with E-state index in [0.717, 1.165) is 103 Å². The van der Waals surface area contributed by atoms with Crippen LogP contribution in [0, 0.1) is 0 Å². The van der Waals surface area contributed by atoms with Crippen LogP contribution in [0.25, 0.3) is 0 Å². The van der Waals surface area contributed by atoms with E-state index in [1.807, 2.05) is 0 Å². The third-order valence-corrected chi connectivity index (χ3v) is 10.8. The van der Waals surface area contributed by atoms with Gasteiger partial charge in [0.15, 0.2) is 6.10 Å². The number of ether oxygens (including phenoxy) is 3. The number of rotatable bonds is 46. The number of allylic oxidation sites excluding steroid dienone is 16. The lowest BCUT2D eigenvalue weighted by molar-refractivity contribution is -0.167. The van der Waals surface area contributed by atoms with Gasteiger partial charge in [-0.05, 0) is 96.3 Å². The number of hydrogen-bond acceptors (Lipinski definition) is 6. The lowest BCUT2D eigenvalue weighted by Crippen LogP contribution is -2.30. The summed E-state index contributed by atoms with van der Waals surface area (Å²) in [5.74, 6) is -0.977. The highest BCUT2D eigenvalue weighted by Crippen LogP contribution is 2.13. The first-order valence-corrected chi connectivity index (χ1v) is 26.2. The van der Waals surface area contributed by atoms with Crippen molar-refractivity contribution < 1.29 is 28.6 Å². The quantitative estimate of drug-likeness (QED) is 0.0262. The normalized spacial score (nSPS) is 12.9. The van der Waals surface area contributed by atoms with E-state index < -0.39 is 6.10 Å². The second kappa shape index (κ2) is 52.0. The van der Waals surface area contributed by atoms with Gasteiger partial charge in [-0.1, -0.05) is 214 Å². The molecule has 0 rings (SSSR count). The van der Waals surface area contributed by atoms with Gasteiger partial charge in [0.05, 0.1) is 0 Å². The first kappa shape index (κ1) is 60.3. The summed E-state index contributed by atoms with van der Waals surface area (Å²) in [4.78, 5) is 37.8. The molecule has 0 saturated carbocycles. The maximum Gasteiger partial charge on any atom is 0.306 e. The molecule has 0 fully saturated rings. The lowest BCUT2D eigenvalue weighted by Gasteiger charge is -2.18. The molecule has 1 unspecified atom stereocenters. The molecular formula is C58H96O6. The van der Waals surface area contributed by atoms with Gasteiger partial charge in [0.1, 0.15) is 13.2 Å². The van der Waals surface area contributed by atoms with Crippen LogP contribution in [-0.4, -0.2) is 37.2 Å². The van der Waals surface area contributed by atoms with Crippen molar-refractivity contribution in [3.05, 3.63) is 97.2 Å². The second-order valence-electron chi connectivity index (χ2n) is 17.1. The molecule has 6 nitrogen and oxygen atoms in total. The van der Waals surface area contributed by atoms with Crippen molar-refractivity contribution in [3.63, 3.8) is 0 Å². The minimum Gasteiger partial charge on any atom is -0.462 e. The second-order valence-corrected chi connectivity index (χ2v) is 17.1. The summed E-state index contributed by atoms with van der Waals surface area (Å²) < 4.78 is 16.7. The molecule has 0 aliphatic heterocycles. The predicted octanol–water partition coefficient (Wildman–Crippen LogP) is 17.4.